The Balaban J connectivity index is 3.08. The lowest BCUT2D eigenvalue weighted by Gasteiger charge is -2.32. The molecule has 14 heavy (non-hydrogen) atoms. The maximum Gasteiger partial charge on any atom is 0.121 e. The van der Waals surface area contributed by atoms with Crippen molar-refractivity contribution in [3.05, 3.63) is 29.8 Å². The zero-order valence-electron chi connectivity index (χ0n) is 9.20. The van der Waals surface area contributed by atoms with Crippen LogP contribution in [-0.2, 0) is 0 Å². The van der Waals surface area contributed by atoms with Crippen LogP contribution in [0.15, 0.2) is 24.3 Å². The van der Waals surface area contributed by atoms with Crippen molar-refractivity contribution < 1.29 is 0 Å². The quantitative estimate of drug-likeness (QED) is 0.713. The highest BCUT2D eigenvalue weighted by molar-refractivity contribution is 5.55. The Hall–Kier alpha value is -1.49. The molecule has 0 amide bonds. The number of nitrogens with zero attached hydrogens (tertiary/aromatic N) is 2. The Bertz CT molecular complexity index is 361. The first-order valence-corrected chi connectivity index (χ1v) is 4.70. The summed E-state index contributed by atoms with van der Waals surface area (Å²) in [6.45, 7) is 5.89. The molecule has 0 aromatic heterocycles. The minimum atomic E-state index is -0.466. The lowest BCUT2D eigenvalue weighted by Crippen LogP contribution is -2.40. The first-order valence-electron chi connectivity index (χ1n) is 4.70. The van der Waals surface area contributed by atoms with E-state index in [4.69, 9.17) is 5.26 Å². The first-order chi connectivity index (χ1) is 6.49. The third kappa shape index (κ3) is 1.88. The molecule has 0 saturated heterocycles. The molecule has 1 aromatic carbocycles. The summed E-state index contributed by atoms with van der Waals surface area (Å²) in [5.41, 5.74) is 1.84. The van der Waals surface area contributed by atoms with Crippen LogP contribution in [0.2, 0.25) is 0 Å². The number of hydrogen-bond acceptors (Lipinski definition) is 2. The summed E-state index contributed by atoms with van der Waals surface area (Å²) in [5.74, 6) is 0. The van der Waals surface area contributed by atoms with E-state index in [-0.39, 0.29) is 0 Å². The van der Waals surface area contributed by atoms with Gasteiger partial charge in [0.1, 0.15) is 5.54 Å². The summed E-state index contributed by atoms with van der Waals surface area (Å²) in [5, 5.41) is 9.02. The third-order valence-electron chi connectivity index (χ3n) is 2.59. The summed E-state index contributed by atoms with van der Waals surface area (Å²) in [6.07, 6.45) is 0. The van der Waals surface area contributed by atoms with Gasteiger partial charge in [0.15, 0.2) is 0 Å². The van der Waals surface area contributed by atoms with Crippen molar-refractivity contribution in [2.75, 3.05) is 11.9 Å². The lowest BCUT2D eigenvalue weighted by molar-refractivity contribution is 0.616. The standard InChI is InChI=1S/C12H16N2/c1-10-7-5-6-8-11(10)14(4)12(2,3)9-13/h5-8H,1-4H3. The highest BCUT2D eigenvalue weighted by Crippen LogP contribution is 2.24. The van der Waals surface area contributed by atoms with Crippen molar-refractivity contribution in [1.82, 2.24) is 0 Å². The minimum Gasteiger partial charge on any atom is -0.357 e. The van der Waals surface area contributed by atoms with Gasteiger partial charge in [-0.25, -0.2) is 0 Å². The fourth-order valence-electron chi connectivity index (χ4n) is 1.32. The zero-order chi connectivity index (χ0) is 10.8. The van der Waals surface area contributed by atoms with Gasteiger partial charge in [-0.3, -0.25) is 0 Å². The molecule has 0 aliphatic rings. The second-order valence-corrected chi connectivity index (χ2v) is 4.02. The first kappa shape index (κ1) is 10.6. The van der Waals surface area contributed by atoms with Crippen LogP contribution in [0.1, 0.15) is 19.4 Å². The number of anilines is 1. The smallest absolute Gasteiger partial charge is 0.121 e. The van der Waals surface area contributed by atoms with E-state index in [1.54, 1.807) is 0 Å². The van der Waals surface area contributed by atoms with Gasteiger partial charge in [-0.05, 0) is 32.4 Å². The molecular formula is C12H16N2. The number of hydrogen-bond donors (Lipinski definition) is 0. The van der Waals surface area contributed by atoms with Gasteiger partial charge in [-0.1, -0.05) is 18.2 Å². The summed E-state index contributed by atoms with van der Waals surface area (Å²) >= 11 is 0. The van der Waals surface area contributed by atoms with Crippen LogP contribution in [-0.4, -0.2) is 12.6 Å². The van der Waals surface area contributed by atoms with E-state index in [1.165, 1.54) is 5.56 Å². The van der Waals surface area contributed by atoms with E-state index in [1.807, 2.05) is 44.0 Å². The monoisotopic (exact) mass is 188 g/mol. The average Bonchev–Trinajstić information content (AvgIpc) is 2.17. The predicted molar refractivity (Wildman–Crippen MR) is 59.3 cm³/mol. The zero-order valence-corrected chi connectivity index (χ0v) is 9.20. The van der Waals surface area contributed by atoms with E-state index in [2.05, 4.69) is 19.1 Å². The number of para-hydroxylation sites is 1. The van der Waals surface area contributed by atoms with Gasteiger partial charge < -0.3 is 4.90 Å². The fraction of sp³-hybridized carbons (Fsp3) is 0.417. The molecular weight excluding hydrogens is 172 g/mol. The maximum absolute atomic E-state index is 9.02. The Morgan fingerprint density at radius 1 is 1.29 bits per heavy atom. The number of benzene rings is 1. The van der Waals surface area contributed by atoms with Gasteiger partial charge in [0.25, 0.3) is 0 Å². The molecule has 2 nitrogen and oxygen atoms in total. The largest absolute Gasteiger partial charge is 0.357 e. The summed E-state index contributed by atoms with van der Waals surface area (Å²) in [4.78, 5) is 2.00. The molecule has 0 bridgehead atoms. The highest BCUT2D eigenvalue weighted by atomic mass is 15.2. The van der Waals surface area contributed by atoms with Gasteiger partial charge >= 0.3 is 0 Å². The number of aryl methyl sites for hydroxylation is 1. The van der Waals surface area contributed by atoms with Crippen LogP contribution in [0.3, 0.4) is 0 Å². The Morgan fingerprint density at radius 3 is 2.36 bits per heavy atom. The molecule has 0 aliphatic carbocycles. The molecule has 0 spiro atoms. The van der Waals surface area contributed by atoms with E-state index in [9.17, 15) is 0 Å². The minimum absolute atomic E-state index is 0.466. The van der Waals surface area contributed by atoms with Gasteiger partial charge in [0.2, 0.25) is 0 Å². The van der Waals surface area contributed by atoms with Crippen LogP contribution in [0, 0.1) is 18.3 Å². The number of rotatable bonds is 2. The third-order valence-corrected chi connectivity index (χ3v) is 2.59. The molecule has 2 heteroatoms. The molecule has 74 valence electrons. The van der Waals surface area contributed by atoms with Crippen molar-refractivity contribution in [1.29, 1.82) is 5.26 Å². The van der Waals surface area contributed by atoms with Crippen LogP contribution in [0.25, 0.3) is 0 Å². The normalized spacial score (nSPS) is 10.8. The van der Waals surface area contributed by atoms with Crippen LogP contribution in [0.4, 0.5) is 5.69 Å². The predicted octanol–water partition coefficient (Wildman–Crippen LogP) is 2.73. The Morgan fingerprint density at radius 2 is 1.86 bits per heavy atom. The molecule has 0 radical (unpaired) electrons. The van der Waals surface area contributed by atoms with E-state index < -0.39 is 5.54 Å². The Kier molecular flexibility index (Phi) is 2.81. The molecule has 0 N–H and O–H groups in total. The van der Waals surface area contributed by atoms with Gasteiger partial charge in [-0.2, -0.15) is 5.26 Å². The van der Waals surface area contributed by atoms with Crippen LogP contribution < -0.4 is 4.90 Å². The maximum atomic E-state index is 9.02. The van der Waals surface area contributed by atoms with Crippen LogP contribution in [0.5, 0.6) is 0 Å². The molecule has 0 atom stereocenters. The van der Waals surface area contributed by atoms with E-state index in [0.717, 1.165) is 5.69 Å². The SMILES string of the molecule is Cc1ccccc1N(C)C(C)(C)C#N. The average molecular weight is 188 g/mol. The molecule has 0 unspecified atom stereocenters. The van der Waals surface area contributed by atoms with Gasteiger partial charge in [0, 0.05) is 12.7 Å². The second-order valence-electron chi connectivity index (χ2n) is 4.02. The van der Waals surface area contributed by atoms with Gasteiger partial charge in [-0.15, -0.1) is 0 Å². The molecule has 0 aliphatic heterocycles. The summed E-state index contributed by atoms with van der Waals surface area (Å²) in [6, 6.07) is 10.4. The summed E-state index contributed by atoms with van der Waals surface area (Å²) < 4.78 is 0. The van der Waals surface area contributed by atoms with E-state index >= 15 is 0 Å². The molecule has 0 saturated carbocycles. The van der Waals surface area contributed by atoms with Gasteiger partial charge in [0.05, 0.1) is 6.07 Å². The van der Waals surface area contributed by atoms with Crippen molar-refractivity contribution in [3.63, 3.8) is 0 Å². The summed E-state index contributed by atoms with van der Waals surface area (Å²) in [7, 11) is 1.95. The fourth-order valence-corrected chi connectivity index (χ4v) is 1.32. The second kappa shape index (κ2) is 3.71. The Labute approximate surface area is 85.8 Å². The van der Waals surface area contributed by atoms with Crippen molar-refractivity contribution in [2.45, 2.75) is 26.3 Å². The van der Waals surface area contributed by atoms with E-state index in [0.29, 0.717) is 0 Å². The molecule has 1 rings (SSSR count). The molecule has 1 aromatic rings. The van der Waals surface area contributed by atoms with Crippen molar-refractivity contribution in [3.8, 4) is 6.07 Å². The lowest BCUT2D eigenvalue weighted by atomic mass is 10.0. The van der Waals surface area contributed by atoms with Crippen LogP contribution >= 0.6 is 0 Å². The van der Waals surface area contributed by atoms with Crippen molar-refractivity contribution >= 4 is 5.69 Å². The molecule has 0 heterocycles. The topological polar surface area (TPSA) is 27.0 Å². The molecule has 0 fully saturated rings. The number of nitriles is 1. The van der Waals surface area contributed by atoms with Crippen molar-refractivity contribution in [2.24, 2.45) is 0 Å². The highest BCUT2D eigenvalue weighted by Gasteiger charge is 2.23.